The second-order valence-corrected chi connectivity index (χ2v) is 16.1. The van der Waals surface area contributed by atoms with E-state index in [0.29, 0.717) is 16.7 Å². The highest BCUT2D eigenvalue weighted by atomic mass is 14.4. The van der Waals surface area contributed by atoms with Crippen molar-refractivity contribution in [2.24, 2.45) is 52.3 Å². The topological polar surface area (TPSA) is 0 Å². The van der Waals surface area contributed by atoms with Crippen molar-refractivity contribution in [3.8, 4) is 0 Å². The van der Waals surface area contributed by atoms with Gasteiger partial charge in [0.1, 0.15) is 0 Å². The van der Waals surface area contributed by atoms with Crippen molar-refractivity contribution in [1.82, 2.24) is 0 Å². The van der Waals surface area contributed by atoms with E-state index < -0.39 is 0 Å². The van der Waals surface area contributed by atoms with Gasteiger partial charge in [-0.15, -0.1) is 0 Å². The summed E-state index contributed by atoms with van der Waals surface area (Å²) in [6, 6.07) is 0. The van der Waals surface area contributed by atoms with Crippen LogP contribution in [0.4, 0.5) is 0 Å². The second-order valence-electron chi connectivity index (χ2n) is 16.1. The van der Waals surface area contributed by atoms with Crippen LogP contribution in [0.25, 0.3) is 0 Å². The Balaban J connectivity index is 1.60. The van der Waals surface area contributed by atoms with Gasteiger partial charge in [-0.1, -0.05) is 149 Å². The van der Waals surface area contributed by atoms with Crippen molar-refractivity contribution in [3.05, 3.63) is 48.1 Å². The summed E-state index contributed by atoms with van der Waals surface area (Å²) in [7, 11) is 0. The van der Waals surface area contributed by atoms with Gasteiger partial charge in [0.05, 0.1) is 0 Å². The summed E-state index contributed by atoms with van der Waals surface area (Å²) >= 11 is 0. The number of hydrogen-bond donors (Lipinski definition) is 0. The first-order valence-electron chi connectivity index (χ1n) is 17.5. The van der Waals surface area contributed by atoms with Gasteiger partial charge in [-0.2, -0.15) is 0 Å². The lowest BCUT2D eigenvalue weighted by atomic mass is 9.64. The zero-order valence-electron chi connectivity index (χ0n) is 28.8. The molecular formula is C40H70. The van der Waals surface area contributed by atoms with Gasteiger partial charge in [-0.3, -0.25) is 0 Å². The highest BCUT2D eigenvalue weighted by Crippen LogP contribution is 2.45. The van der Waals surface area contributed by atoms with E-state index in [4.69, 9.17) is 0 Å². The van der Waals surface area contributed by atoms with Crippen LogP contribution >= 0.6 is 0 Å². The molecule has 2 rings (SSSR count). The highest BCUT2D eigenvalue weighted by molar-refractivity contribution is 5.18. The third-order valence-electron chi connectivity index (χ3n) is 10.9. The Bertz CT molecular complexity index is 817. The van der Waals surface area contributed by atoms with Crippen LogP contribution in [0.5, 0.6) is 0 Å². The average molecular weight is 551 g/mol. The van der Waals surface area contributed by atoms with Crippen LogP contribution < -0.4 is 0 Å². The highest BCUT2D eigenvalue weighted by Gasteiger charge is 2.35. The molecule has 2 saturated carbocycles. The predicted molar refractivity (Wildman–Crippen MR) is 182 cm³/mol. The van der Waals surface area contributed by atoms with Gasteiger partial charge in [0.15, 0.2) is 0 Å². The molecule has 0 aromatic rings. The molecule has 0 saturated heterocycles. The normalized spacial score (nSPS) is 29.8. The number of allylic oxidation sites excluding steroid dienone is 8. The molecule has 2 fully saturated rings. The van der Waals surface area contributed by atoms with E-state index in [0.717, 1.165) is 35.5 Å². The molecule has 40 heavy (non-hydrogen) atoms. The fourth-order valence-electron chi connectivity index (χ4n) is 7.90. The first kappa shape index (κ1) is 35.2. The van der Waals surface area contributed by atoms with E-state index in [1.807, 2.05) is 0 Å². The fourth-order valence-corrected chi connectivity index (χ4v) is 7.90. The van der Waals surface area contributed by atoms with Gasteiger partial charge >= 0.3 is 0 Å². The van der Waals surface area contributed by atoms with Gasteiger partial charge < -0.3 is 0 Å². The van der Waals surface area contributed by atoms with Gasteiger partial charge in [-0.05, 0) is 104 Å². The first-order chi connectivity index (χ1) is 18.8. The molecule has 0 heterocycles. The number of hydrogen-bond acceptors (Lipinski definition) is 0. The maximum atomic E-state index is 2.59. The summed E-state index contributed by atoms with van der Waals surface area (Å²) in [6.07, 6.45) is 34.8. The van der Waals surface area contributed by atoms with Gasteiger partial charge in [-0.25, -0.2) is 0 Å². The Kier molecular flexibility index (Phi) is 15.1. The van der Waals surface area contributed by atoms with E-state index in [9.17, 15) is 0 Å². The predicted octanol–water partition coefficient (Wildman–Crippen LogP) is 13.2. The Labute approximate surface area is 252 Å². The van der Waals surface area contributed by atoms with Crippen molar-refractivity contribution in [3.63, 3.8) is 0 Å². The Morgan fingerprint density at radius 1 is 0.750 bits per heavy atom. The van der Waals surface area contributed by atoms with Crippen molar-refractivity contribution in [1.29, 1.82) is 0 Å². The summed E-state index contributed by atoms with van der Waals surface area (Å²) in [6.45, 7) is 24.4. The fraction of sp³-hybridized carbons (Fsp3) is 0.800. The van der Waals surface area contributed by atoms with Crippen LogP contribution in [0, 0.1) is 52.3 Å². The van der Waals surface area contributed by atoms with Gasteiger partial charge in [0.25, 0.3) is 0 Å². The molecule has 0 aliphatic heterocycles. The molecule has 0 aromatic heterocycles. The summed E-state index contributed by atoms with van der Waals surface area (Å²) in [5.74, 6) is 5.41. The molecule has 0 aromatic carbocycles. The molecule has 230 valence electrons. The van der Waals surface area contributed by atoms with E-state index in [1.54, 1.807) is 0 Å². The molecule has 2 aliphatic rings. The molecule has 7 atom stereocenters. The van der Waals surface area contributed by atoms with Crippen LogP contribution in [0.1, 0.15) is 153 Å². The van der Waals surface area contributed by atoms with Crippen molar-refractivity contribution < 1.29 is 0 Å². The van der Waals surface area contributed by atoms with Crippen LogP contribution in [0.15, 0.2) is 48.1 Å². The molecule has 0 amide bonds. The van der Waals surface area contributed by atoms with E-state index in [-0.39, 0.29) is 0 Å². The second kappa shape index (κ2) is 17.2. The molecule has 2 aliphatic carbocycles. The Hall–Kier alpha value is -1.04. The standard InChI is InChI=1S/C40H70/c1-31(19-13-21-33(3)25-27-37-35(5)23-15-29-39(37,7)8)17-11-12-18-32(2)20-14-22-34(4)26-28-38-36(6)24-16-30-40(38,9)10/h11-12,21,25-28,31-32,34-38H,13-20,22-24,29-30H2,1-10H3/b12-11+,27-25+,28-26+,33-21+. The van der Waals surface area contributed by atoms with E-state index in [2.05, 4.69) is 112 Å². The molecule has 0 N–H and O–H groups in total. The molecular weight excluding hydrogens is 480 g/mol. The SMILES string of the molecule is CC(/C=C/C1C(C)CCCC1(C)C)=C\CCC(C)C/C=C/CC(C)CCCC(C)/C=C/C1C(C)CCCC1(C)C. The maximum Gasteiger partial charge on any atom is -0.0153 e. The van der Waals surface area contributed by atoms with Crippen molar-refractivity contribution >= 4 is 0 Å². The first-order valence-corrected chi connectivity index (χ1v) is 17.5. The number of rotatable bonds is 15. The lowest BCUT2D eigenvalue weighted by Gasteiger charge is -2.41. The minimum Gasteiger partial charge on any atom is -0.0883 e. The Morgan fingerprint density at radius 2 is 1.27 bits per heavy atom. The molecule has 0 spiro atoms. The van der Waals surface area contributed by atoms with E-state index >= 15 is 0 Å². The summed E-state index contributed by atoms with van der Waals surface area (Å²) in [4.78, 5) is 0. The zero-order chi connectivity index (χ0) is 29.8. The van der Waals surface area contributed by atoms with E-state index in [1.165, 1.54) is 89.0 Å². The van der Waals surface area contributed by atoms with Crippen LogP contribution in [-0.4, -0.2) is 0 Å². The quantitative estimate of drug-likeness (QED) is 0.140. The largest absolute Gasteiger partial charge is 0.0883 e. The minimum atomic E-state index is 0.452. The van der Waals surface area contributed by atoms with Crippen LogP contribution in [0.3, 0.4) is 0 Å². The Morgan fingerprint density at radius 3 is 1.82 bits per heavy atom. The minimum absolute atomic E-state index is 0.452. The summed E-state index contributed by atoms with van der Waals surface area (Å²) in [5, 5.41) is 0. The molecule has 0 nitrogen and oxygen atoms in total. The summed E-state index contributed by atoms with van der Waals surface area (Å²) in [5.41, 5.74) is 2.37. The lowest BCUT2D eigenvalue weighted by molar-refractivity contribution is 0.122. The monoisotopic (exact) mass is 551 g/mol. The lowest BCUT2D eigenvalue weighted by Crippen LogP contribution is -2.32. The zero-order valence-corrected chi connectivity index (χ0v) is 28.8. The van der Waals surface area contributed by atoms with Crippen molar-refractivity contribution in [2.75, 3.05) is 0 Å². The third kappa shape index (κ3) is 12.4. The van der Waals surface area contributed by atoms with Gasteiger partial charge in [0.2, 0.25) is 0 Å². The summed E-state index contributed by atoms with van der Waals surface area (Å²) < 4.78 is 0. The molecule has 7 unspecified atom stereocenters. The molecule has 0 bridgehead atoms. The van der Waals surface area contributed by atoms with Gasteiger partial charge in [0, 0.05) is 0 Å². The average Bonchev–Trinajstić information content (AvgIpc) is 2.85. The van der Waals surface area contributed by atoms with Crippen LogP contribution in [0.2, 0.25) is 0 Å². The molecule has 0 radical (unpaired) electrons. The third-order valence-corrected chi connectivity index (χ3v) is 10.9. The molecule has 0 heteroatoms. The smallest absolute Gasteiger partial charge is 0.0153 e. The van der Waals surface area contributed by atoms with Crippen LogP contribution in [-0.2, 0) is 0 Å². The maximum absolute atomic E-state index is 2.59. The van der Waals surface area contributed by atoms with Crippen molar-refractivity contribution in [2.45, 2.75) is 153 Å².